The quantitative estimate of drug-likeness (QED) is 0.519. The van der Waals surface area contributed by atoms with Crippen molar-refractivity contribution in [1.82, 2.24) is 5.16 Å². The normalized spacial score (nSPS) is 7.33. The molecule has 9 heavy (non-hydrogen) atoms. The molecule has 0 spiro atoms. The number of hydrogen-bond acceptors (Lipinski definition) is 3. The van der Waals surface area contributed by atoms with Crippen molar-refractivity contribution in [3.05, 3.63) is 18.5 Å². The van der Waals surface area contributed by atoms with Gasteiger partial charge in [0.1, 0.15) is 6.26 Å². The lowest BCUT2D eigenvalue weighted by molar-refractivity contribution is 0.405. The third-order valence-electron chi connectivity index (χ3n) is 0.347. The number of aromatic nitrogens is 1. The molecule has 0 aliphatic heterocycles. The maximum Gasteiger partial charge on any atom is 0.692 e. The predicted octanol–water partition coefficient (Wildman–Crippen LogP) is 0.303. The smallest absolute Gasteiger partial charge is 0.365 e. The Labute approximate surface area is 51.9 Å². The second-order valence-corrected chi connectivity index (χ2v) is 1.45. The fourth-order valence-electron chi connectivity index (χ4n) is 0.176. The fourth-order valence-corrected chi connectivity index (χ4v) is 0.176. The summed E-state index contributed by atoms with van der Waals surface area (Å²) in [5, 5.41) is 3.35. The molecule has 0 amide bonds. The Balaban J connectivity index is 0.000000148. The molecular weight excluding hydrogens is 145 g/mol. The molecule has 1 aromatic heterocycles. The molecule has 1 aromatic rings. The maximum absolute atomic E-state index is 8.70. The van der Waals surface area contributed by atoms with Crippen molar-refractivity contribution in [2.45, 2.75) is 0 Å². The van der Waals surface area contributed by atoms with E-state index >= 15 is 0 Å². The number of rotatable bonds is 0. The second kappa shape index (κ2) is 5.37. The zero-order valence-electron chi connectivity index (χ0n) is 4.34. The molecule has 1 rings (SSSR count). The lowest BCUT2D eigenvalue weighted by Crippen LogP contribution is -1.38. The van der Waals surface area contributed by atoms with Gasteiger partial charge >= 0.3 is 8.25 Å². The van der Waals surface area contributed by atoms with Crippen LogP contribution in [0.1, 0.15) is 0 Å². The minimum absolute atomic E-state index is 1.51. The first-order valence-electron chi connectivity index (χ1n) is 1.93. The van der Waals surface area contributed by atoms with Crippen LogP contribution in [0.5, 0.6) is 0 Å². The summed E-state index contributed by atoms with van der Waals surface area (Å²) < 4.78 is 13.0. The summed E-state index contributed by atoms with van der Waals surface area (Å²) in [4.78, 5) is 14.2. The molecule has 0 radical (unpaired) electrons. The fraction of sp³-hybridized carbons (Fsp3) is 0. The number of nitrogens with zero attached hydrogens (tertiary/aromatic N) is 1. The van der Waals surface area contributed by atoms with Gasteiger partial charge in [0.05, 0.1) is 6.20 Å². The van der Waals surface area contributed by atoms with Crippen molar-refractivity contribution >= 4 is 8.25 Å². The summed E-state index contributed by atoms with van der Waals surface area (Å²) in [5.41, 5.74) is 0. The van der Waals surface area contributed by atoms with E-state index in [1.807, 2.05) is 0 Å². The van der Waals surface area contributed by atoms with Crippen LogP contribution in [0.25, 0.3) is 0 Å². The van der Waals surface area contributed by atoms with Crippen LogP contribution in [0.2, 0.25) is 0 Å². The first kappa shape index (κ1) is 8.23. The molecule has 50 valence electrons. The minimum atomic E-state index is -2.87. The van der Waals surface area contributed by atoms with E-state index in [0.717, 1.165) is 0 Å². The maximum atomic E-state index is 8.70. The van der Waals surface area contributed by atoms with E-state index in [2.05, 4.69) is 9.68 Å². The summed E-state index contributed by atoms with van der Waals surface area (Å²) in [6, 6.07) is 1.72. The Hall–Kier alpha value is -0.770. The highest BCUT2D eigenvalue weighted by Gasteiger charge is 1.93. The van der Waals surface area contributed by atoms with Gasteiger partial charge in [0.15, 0.2) is 0 Å². The second-order valence-electron chi connectivity index (χ2n) is 0.941. The summed E-state index contributed by atoms with van der Waals surface area (Å²) >= 11 is 0. The summed E-state index contributed by atoms with van der Waals surface area (Å²) in [6.07, 6.45) is 3.10. The van der Waals surface area contributed by atoms with Gasteiger partial charge in [0, 0.05) is 4.57 Å². The van der Waals surface area contributed by atoms with Crippen LogP contribution in [-0.2, 0) is 4.57 Å². The average Bonchev–Trinajstić information content (AvgIpc) is 2.11. The van der Waals surface area contributed by atoms with Crippen LogP contribution < -0.4 is 0 Å². The Morgan fingerprint density at radius 3 is 2.22 bits per heavy atom. The van der Waals surface area contributed by atoms with Crippen molar-refractivity contribution in [1.29, 1.82) is 0 Å². The Morgan fingerprint density at radius 2 is 2.11 bits per heavy atom. The highest BCUT2D eigenvalue weighted by atomic mass is 31.1. The van der Waals surface area contributed by atoms with Crippen molar-refractivity contribution in [3.63, 3.8) is 0 Å². The van der Waals surface area contributed by atoms with Crippen LogP contribution in [0.3, 0.4) is 0 Å². The summed E-state index contributed by atoms with van der Waals surface area (Å²) in [5.74, 6) is 0. The lowest BCUT2D eigenvalue weighted by atomic mass is 10.8. The molecule has 0 aromatic carbocycles. The molecule has 1 heterocycles. The molecule has 0 bridgehead atoms. The van der Waals surface area contributed by atoms with Crippen LogP contribution in [-0.4, -0.2) is 14.9 Å². The first-order valence-corrected chi connectivity index (χ1v) is 3.09. The van der Waals surface area contributed by atoms with Crippen LogP contribution in [0, 0.1) is 0 Å². The summed E-state index contributed by atoms with van der Waals surface area (Å²) in [6.45, 7) is 0. The SMILES string of the molecule is O=[P+](O)O.c1cnoc1. The third kappa shape index (κ3) is 11.1. The highest BCUT2D eigenvalue weighted by molar-refractivity contribution is 7.30. The molecule has 0 saturated carbocycles. The first-order chi connectivity index (χ1) is 4.23. The van der Waals surface area contributed by atoms with E-state index < -0.39 is 8.25 Å². The molecule has 5 nitrogen and oxygen atoms in total. The van der Waals surface area contributed by atoms with E-state index in [1.165, 1.54) is 6.26 Å². The summed E-state index contributed by atoms with van der Waals surface area (Å²) in [7, 11) is -2.87. The van der Waals surface area contributed by atoms with Gasteiger partial charge < -0.3 is 4.52 Å². The molecule has 0 aliphatic rings. The van der Waals surface area contributed by atoms with E-state index in [9.17, 15) is 0 Å². The van der Waals surface area contributed by atoms with E-state index in [4.69, 9.17) is 14.4 Å². The number of hydrogen-bond donors (Lipinski definition) is 2. The van der Waals surface area contributed by atoms with Crippen molar-refractivity contribution in [2.75, 3.05) is 0 Å². The van der Waals surface area contributed by atoms with Gasteiger partial charge in [-0.2, -0.15) is 0 Å². The molecule has 2 N–H and O–H groups in total. The molecule has 0 aliphatic carbocycles. The third-order valence-corrected chi connectivity index (χ3v) is 0.347. The van der Waals surface area contributed by atoms with Gasteiger partial charge in [-0.05, 0) is 6.07 Å². The zero-order chi connectivity index (χ0) is 7.11. The Bertz CT molecular complexity index is 130. The van der Waals surface area contributed by atoms with E-state index in [-0.39, 0.29) is 0 Å². The van der Waals surface area contributed by atoms with Crippen LogP contribution >= 0.6 is 8.25 Å². The Kier molecular flexibility index (Phi) is 4.91. The lowest BCUT2D eigenvalue weighted by Gasteiger charge is -1.48. The average molecular weight is 150 g/mol. The molecule has 0 unspecified atom stereocenters. The minimum Gasteiger partial charge on any atom is -0.365 e. The Morgan fingerprint density at radius 1 is 1.56 bits per heavy atom. The standard InChI is InChI=1S/C3H3NO.HO3P/c1-2-4-5-3-1;1-4(2)3/h1-3H;(H-,1,2,3)/p+1. The highest BCUT2D eigenvalue weighted by Crippen LogP contribution is 1.98. The van der Waals surface area contributed by atoms with Crippen LogP contribution in [0.15, 0.2) is 23.0 Å². The molecule has 0 fully saturated rings. The molecule has 0 atom stereocenters. The van der Waals surface area contributed by atoms with Gasteiger partial charge in [-0.3, -0.25) is 0 Å². The predicted molar refractivity (Wildman–Crippen MR) is 28.5 cm³/mol. The van der Waals surface area contributed by atoms with Crippen LogP contribution in [0.4, 0.5) is 0 Å². The largest absolute Gasteiger partial charge is 0.692 e. The topological polar surface area (TPSA) is 83.6 Å². The van der Waals surface area contributed by atoms with Crippen molar-refractivity contribution < 1.29 is 18.9 Å². The van der Waals surface area contributed by atoms with Gasteiger partial charge in [-0.1, -0.05) is 5.16 Å². The van der Waals surface area contributed by atoms with Gasteiger partial charge in [0.2, 0.25) is 0 Å². The van der Waals surface area contributed by atoms with Gasteiger partial charge in [-0.15, -0.1) is 9.79 Å². The van der Waals surface area contributed by atoms with Crippen molar-refractivity contribution in [2.24, 2.45) is 0 Å². The van der Waals surface area contributed by atoms with E-state index in [0.29, 0.717) is 0 Å². The van der Waals surface area contributed by atoms with Gasteiger partial charge in [0.25, 0.3) is 0 Å². The molecule has 0 saturated heterocycles. The molecule has 6 heteroatoms. The zero-order valence-corrected chi connectivity index (χ0v) is 5.23. The van der Waals surface area contributed by atoms with E-state index in [1.54, 1.807) is 12.3 Å². The monoisotopic (exact) mass is 150 g/mol. The van der Waals surface area contributed by atoms with Crippen molar-refractivity contribution in [3.8, 4) is 0 Å². The molecular formula is C3H5NO4P+. The van der Waals surface area contributed by atoms with Gasteiger partial charge in [-0.25, -0.2) is 0 Å².